The van der Waals surface area contributed by atoms with Gasteiger partial charge in [-0.1, -0.05) is 12.1 Å². The van der Waals surface area contributed by atoms with Crippen molar-refractivity contribution in [3.63, 3.8) is 0 Å². The molecule has 0 radical (unpaired) electrons. The van der Waals surface area contributed by atoms with Crippen LogP contribution in [0.5, 0.6) is 0 Å². The molecule has 2 amide bonds. The van der Waals surface area contributed by atoms with Crippen LogP contribution in [0, 0.1) is 5.82 Å². The number of benzene rings is 1. The van der Waals surface area contributed by atoms with Crippen molar-refractivity contribution in [2.24, 2.45) is 5.73 Å². The van der Waals surface area contributed by atoms with Gasteiger partial charge in [0.15, 0.2) is 0 Å². The quantitative estimate of drug-likeness (QED) is 0.600. The summed E-state index contributed by atoms with van der Waals surface area (Å²) in [5.41, 5.74) is 6.11. The monoisotopic (exact) mass is 296 g/mol. The predicted molar refractivity (Wildman–Crippen MR) is 77.8 cm³/mol. The van der Waals surface area contributed by atoms with E-state index in [0.717, 1.165) is 5.56 Å². The Morgan fingerprint density at radius 2 is 1.86 bits per heavy atom. The normalized spacial score (nSPS) is 10.5. The van der Waals surface area contributed by atoms with Gasteiger partial charge in [-0.25, -0.2) is 4.39 Å². The van der Waals surface area contributed by atoms with Gasteiger partial charge in [-0.2, -0.15) is 0 Å². The number of carbonyl (C=O) groups is 2. The number of halogens is 1. The number of hydrogen-bond donors (Lipinski definition) is 3. The van der Waals surface area contributed by atoms with Crippen molar-refractivity contribution in [2.75, 3.05) is 33.2 Å². The third-order valence-electron chi connectivity index (χ3n) is 2.81. The second kappa shape index (κ2) is 9.04. The molecule has 0 spiro atoms. The lowest BCUT2D eigenvalue weighted by Crippen LogP contribution is -2.41. The molecule has 0 saturated heterocycles. The Morgan fingerprint density at radius 1 is 1.19 bits per heavy atom. The summed E-state index contributed by atoms with van der Waals surface area (Å²) in [7, 11) is 1.91. The Kier molecular flexibility index (Phi) is 7.34. The van der Waals surface area contributed by atoms with E-state index in [0.29, 0.717) is 19.6 Å². The fourth-order valence-corrected chi connectivity index (χ4v) is 1.68. The molecular weight excluding hydrogens is 275 g/mol. The number of nitrogens with zero attached hydrogens (tertiary/aromatic N) is 1. The minimum Gasteiger partial charge on any atom is -0.353 e. The van der Waals surface area contributed by atoms with Crippen LogP contribution in [-0.2, 0) is 16.1 Å². The lowest BCUT2D eigenvalue weighted by atomic mass is 10.2. The van der Waals surface area contributed by atoms with Crippen LogP contribution in [0.2, 0.25) is 0 Å². The van der Waals surface area contributed by atoms with Gasteiger partial charge in [-0.05, 0) is 24.7 Å². The van der Waals surface area contributed by atoms with Crippen molar-refractivity contribution < 1.29 is 14.0 Å². The molecule has 0 saturated carbocycles. The number of likely N-dealkylation sites (N-methyl/N-ethyl adjacent to an activating group) is 1. The van der Waals surface area contributed by atoms with Gasteiger partial charge in [0.1, 0.15) is 5.82 Å². The smallest absolute Gasteiger partial charge is 0.239 e. The molecule has 1 aromatic rings. The molecule has 0 aromatic heterocycles. The average molecular weight is 296 g/mol. The molecule has 0 aliphatic carbocycles. The van der Waals surface area contributed by atoms with E-state index in [9.17, 15) is 14.0 Å². The zero-order valence-electron chi connectivity index (χ0n) is 12.1. The minimum atomic E-state index is -0.362. The molecular formula is C14H21FN4O2. The zero-order valence-corrected chi connectivity index (χ0v) is 12.1. The van der Waals surface area contributed by atoms with E-state index in [1.54, 1.807) is 12.1 Å². The van der Waals surface area contributed by atoms with Crippen molar-refractivity contribution in [3.05, 3.63) is 35.6 Å². The first-order chi connectivity index (χ1) is 10.0. The first kappa shape index (κ1) is 17.1. The molecule has 0 fully saturated rings. The van der Waals surface area contributed by atoms with Gasteiger partial charge in [0.05, 0.1) is 13.1 Å². The molecule has 0 heterocycles. The van der Waals surface area contributed by atoms with E-state index in [1.165, 1.54) is 12.1 Å². The minimum absolute atomic E-state index is 0.0717. The fraction of sp³-hybridized carbons (Fsp3) is 0.429. The summed E-state index contributed by atoms with van der Waals surface area (Å²) >= 11 is 0. The van der Waals surface area contributed by atoms with Gasteiger partial charge in [0.25, 0.3) is 0 Å². The van der Waals surface area contributed by atoms with Gasteiger partial charge in [-0.15, -0.1) is 0 Å². The summed E-state index contributed by atoms with van der Waals surface area (Å²) in [5.74, 6) is -0.876. The Balaban J connectivity index is 2.18. The maximum atomic E-state index is 12.8. The number of nitrogens with two attached hydrogens (primary N) is 1. The van der Waals surface area contributed by atoms with Crippen LogP contribution in [0.15, 0.2) is 24.3 Å². The standard InChI is InChI=1S/C14H21FN4O2/c1-19(10-11-2-4-12(15)5-3-11)7-6-17-14(21)9-18-13(20)8-16/h2-5H,6-10,16H2,1H3,(H,17,21)(H,18,20). The SMILES string of the molecule is CN(CCNC(=O)CNC(=O)CN)Cc1ccc(F)cc1. The van der Waals surface area contributed by atoms with Gasteiger partial charge in [0, 0.05) is 19.6 Å². The topological polar surface area (TPSA) is 87.5 Å². The number of hydrogen-bond acceptors (Lipinski definition) is 4. The van der Waals surface area contributed by atoms with E-state index >= 15 is 0 Å². The summed E-state index contributed by atoms with van der Waals surface area (Å²) in [6, 6.07) is 6.30. The van der Waals surface area contributed by atoms with Gasteiger partial charge < -0.3 is 21.3 Å². The second-order valence-corrected chi connectivity index (χ2v) is 4.70. The van der Waals surface area contributed by atoms with Crippen LogP contribution in [0.1, 0.15) is 5.56 Å². The molecule has 0 unspecified atom stereocenters. The summed E-state index contributed by atoms with van der Waals surface area (Å²) < 4.78 is 12.8. The van der Waals surface area contributed by atoms with Crippen LogP contribution in [0.25, 0.3) is 0 Å². The third kappa shape index (κ3) is 7.38. The molecule has 1 aromatic carbocycles. The molecule has 1 rings (SSSR count). The first-order valence-electron chi connectivity index (χ1n) is 6.67. The highest BCUT2D eigenvalue weighted by molar-refractivity contribution is 5.85. The maximum absolute atomic E-state index is 12.8. The first-order valence-corrected chi connectivity index (χ1v) is 6.67. The lowest BCUT2D eigenvalue weighted by Gasteiger charge is -2.17. The van der Waals surface area contributed by atoms with E-state index in [1.807, 2.05) is 11.9 Å². The Morgan fingerprint density at radius 3 is 2.48 bits per heavy atom. The Hall–Kier alpha value is -1.99. The van der Waals surface area contributed by atoms with Crippen LogP contribution in [0.4, 0.5) is 4.39 Å². The van der Waals surface area contributed by atoms with Crippen molar-refractivity contribution >= 4 is 11.8 Å². The summed E-state index contributed by atoms with van der Waals surface area (Å²) in [6.45, 7) is 1.58. The highest BCUT2D eigenvalue weighted by Crippen LogP contribution is 2.04. The number of carbonyl (C=O) groups excluding carboxylic acids is 2. The van der Waals surface area contributed by atoms with E-state index in [2.05, 4.69) is 10.6 Å². The van der Waals surface area contributed by atoms with Crippen LogP contribution in [-0.4, -0.2) is 49.9 Å². The zero-order chi connectivity index (χ0) is 15.7. The van der Waals surface area contributed by atoms with Gasteiger partial charge >= 0.3 is 0 Å². The molecule has 0 atom stereocenters. The van der Waals surface area contributed by atoms with Gasteiger partial charge in [-0.3, -0.25) is 9.59 Å². The lowest BCUT2D eigenvalue weighted by molar-refractivity contribution is -0.125. The number of nitrogens with one attached hydrogen (secondary N) is 2. The molecule has 21 heavy (non-hydrogen) atoms. The van der Waals surface area contributed by atoms with Gasteiger partial charge in [0.2, 0.25) is 11.8 Å². The van der Waals surface area contributed by atoms with E-state index in [4.69, 9.17) is 5.73 Å². The summed E-state index contributed by atoms with van der Waals surface area (Å²) in [5, 5.41) is 5.08. The van der Waals surface area contributed by atoms with Crippen molar-refractivity contribution in [2.45, 2.75) is 6.54 Å². The molecule has 6 nitrogen and oxygen atoms in total. The molecule has 116 valence electrons. The molecule has 0 aliphatic rings. The highest BCUT2D eigenvalue weighted by atomic mass is 19.1. The van der Waals surface area contributed by atoms with Crippen LogP contribution < -0.4 is 16.4 Å². The fourth-order valence-electron chi connectivity index (χ4n) is 1.68. The van der Waals surface area contributed by atoms with Crippen LogP contribution >= 0.6 is 0 Å². The number of amides is 2. The molecule has 0 aliphatic heterocycles. The molecule has 4 N–H and O–H groups in total. The van der Waals surface area contributed by atoms with E-state index < -0.39 is 0 Å². The van der Waals surface area contributed by atoms with Crippen molar-refractivity contribution in [3.8, 4) is 0 Å². The Labute approximate surface area is 123 Å². The largest absolute Gasteiger partial charge is 0.353 e. The molecule has 7 heteroatoms. The highest BCUT2D eigenvalue weighted by Gasteiger charge is 2.05. The Bertz CT molecular complexity index is 465. The maximum Gasteiger partial charge on any atom is 0.239 e. The summed E-state index contributed by atoms with van der Waals surface area (Å²) in [4.78, 5) is 24.3. The second-order valence-electron chi connectivity index (χ2n) is 4.70. The van der Waals surface area contributed by atoms with Crippen LogP contribution in [0.3, 0.4) is 0 Å². The van der Waals surface area contributed by atoms with E-state index in [-0.39, 0.29) is 30.7 Å². The average Bonchev–Trinajstić information content (AvgIpc) is 2.47. The van der Waals surface area contributed by atoms with Crippen molar-refractivity contribution in [1.29, 1.82) is 0 Å². The number of rotatable bonds is 8. The van der Waals surface area contributed by atoms with Crippen molar-refractivity contribution in [1.82, 2.24) is 15.5 Å². The third-order valence-corrected chi connectivity index (χ3v) is 2.81. The predicted octanol–water partition coefficient (Wildman–Crippen LogP) is -0.551. The summed E-state index contributed by atoms with van der Waals surface area (Å²) in [6.07, 6.45) is 0. The molecule has 0 bridgehead atoms.